The van der Waals surface area contributed by atoms with Crippen molar-refractivity contribution in [2.45, 2.75) is 26.7 Å². The van der Waals surface area contributed by atoms with Gasteiger partial charge in [-0.05, 0) is 49.9 Å². The van der Waals surface area contributed by atoms with Gasteiger partial charge < -0.3 is 10.6 Å². The summed E-state index contributed by atoms with van der Waals surface area (Å²) >= 11 is 0. The number of pyridine rings is 1. The van der Waals surface area contributed by atoms with Gasteiger partial charge in [0, 0.05) is 6.54 Å². The van der Waals surface area contributed by atoms with E-state index in [0.717, 1.165) is 25.9 Å². The van der Waals surface area contributed by atoms with Crippen molar-refractivity contribution < 1.29 is 4.79 Å². The molecule has 4 N–H and O–H groups in total. The van der Waals surface area contributed by atoms with E-state index in [2.05, 4.69) is 32.5 Å². The highest BCUT2D eigenvalue weighted by Crippen LogP contribution is 2.26. The lowest BCUT2D eigenvalue weighted by Gasteiger charge is -2.34. The molecule has 1 saturated heterocycles. The van der Waals surface area contributed by atoms with Crippen LogP contribution < -0.4 is 21.9 Å². The van der Waals surface area contributed by atoms with Crippen LogP contribution >= 0.6 is 0 Å². The summed E-state index contributed by atoms with van der Waals surface area (Å²) in [6.45, 7) is 6.33. The Hall–Kier alpha value is -2.48. The van der Waals surface area contributed by atoms with Gasteiger partial charge in [0.2, 0.25) is 0 Å². The summed E-state index contributed by atoms with van der Waals surface area (Å²) in [5.74, 6) is -0.305. The molecule has 1 amide bonds. The van der Waals surface area contributed by atoms with E-state index in [4.69, 9.17) is 0 Å². The Balaban J connectivity index is 1.85. The Bertz CT molecular complexity index is 893. The van der Waals surface area contributed by atoms with Crippen molar-refractivity contribution in [1.29, 1.82) is 0 Å². The van der Waals surface area contributed by atoms with Crippen LogP contribution in [-0.2, 0) is 0 Å². The van der Waals surface area contributed by atoms with Crippen molar-refractivity contribution in [2.75, 3.05) is 19.6 Å². The second kappa shape index (κ2) is 6.20. The van der Waals surface area contributed by atoms with E-state index >= 15 is 0 Å². The molecule has 0 atom stereocenters. The zero-order valence-corrected chi connectivity index (χ0v) is 13.8. The first-order valence-corrected chi connectivity index (χ1v) is 8.01. The standard InChI is InChI=1S/C16H21N5O3/c1-9-7-10(19-12-11(9)14(23)21-15(24)20-12)13(22)18-8-16(2)3-5-17-6-4-16/h7,17H,3-6,8H2,1-2H3,(H,18,22)(H2,19,20,21,23,24). The Kier molecular flexibility index (Phi) is 4.23. The molecule has 0 radical (unpaired) electrons. The van der Waals surface area contributed by atoms with Crippen molar-refractivity contribution in [3.63, 3.8) is 0 Å². The van der Waals surface area contributed by atoms with Crippen molar-refractivity contribution in [1.82, 2.24) is 25.6 Å². The summed E-state index contributed by atoms with van der Waals surface area (Å²) in [4.78, 5) is 44.5. The number of aryl methyl sites for hydroxylation is 1. The Morgan fingerprint density at radius 2 is 2.00 bits per heavy atom. The molecule has 1 aliphatic rings. The maximum Gasteiger partial charge on any atom is 0.327 e. The molecule has 0 aromatic carbocycles. The van der Waals surface area contributed by atoms with E-state index in [0.29, 0.717) is 12.1 Å². The fourth-order valence-electron chi connectivity index (χ4n) is 3.06. The molecule has 3 rings (SSSR count). The van der Waals surface area contributed by atoms with Crippen LogP contribution in [0.1, 0.15) is 35.8 Å². The minimum absolute atomic E-state index is 0.0677. The molecule has 1 aliphatic heterocycles. The van der Waals surface area contributed by atoms with Gasteiger partial charge >= 0.3 is 5.69 Å². The number of fused-ring (bicyclic) bond motifs is 1. The number of nitrogens with zero attached hydrogens (tertiary/aromatic N) is 1. The summed E-state index contributed by atoms with van der Waals surface area (Å²) in [5, 5.41) is 6.52. The van der Waals surface area contributed by atoms with Crippen LogP contribution in [0.2, 0.25) is 0 Å². The molecular formula is C16H21N5O3. The molecule has 0 bridgehead atoms. The summed E-state index contributed by atoms with van der Waals surface area (Å²) in [6.07, 6.45) is 2.00. The van der Waals surface area contributed by atoms with Crippen LogP contribution in [-0.4, -0.2) is 40.5 Å². The maximum atomic E-state index is 12.4. The van der Waals surface area contributed by atoms with Gasteiger partial charge in [-0.1, -0.05) is 6.92 Å². The normalized spacial score (nSPS) is 16.9. The number of rotatable bonds is 3. The second-order valence-electron chi connectivity index (χ2n) is 6.70. The molecule has 0 aliphatic carbocycles. The lowest BCUT2D eigenvalue weighted by atomic mass is 9.81. The topological polar surface area (TPSA) is 120 Å². The molecule has 24 heavy (non-hydrogen) atoms. The quantitative estimate of drug-likeness (QED) is 0.633. The van der Waals surface area contributed by atoms with Gasteiger partial charge in [0.15, 0.2) is 0 Å². The van der Waals surface area contributed by atoms with Crippen molar-refractivity contribution in [3.05, 3.63) is 38.2 Å². The third-order valence-electron chi connectivity index (χ3n) is 4.62. The molecule has 3 heterocycles. The first kappa shape index (κ1) is 16.4. The highest BCUT2D eigenvalue weighted by atomic mass is 16.2. The van der Waals surface area contributed by atoms with Crippen LogP contribution in [0.3, 0.4) is 0 Å². The SMILES string of the molecule is Cc1cc(C(=O)NCC2(C)CCNCC2)nc2[nH]c(=O)[nH]c(=O)c12. The predicted octanol–water partition coefficient (Wildman–Crippen LogP) is 0.0393. The first-order chi connectivity index (χ1) is 11.4. The van der Waals surface area contributed by atoms with Gasteiger partial charge in [-0.2, -0.15) is 0 Å². The molecule has 8 nitrogen and oxygen atoms in total. The number of aromatic amines is 2. The Labute approximate surface area is 138 Å². The second-order valence-corrected chi connectivity index (χ2v) is 6.70. The fourth-order valence-corrected chi connectivity index (χ4v) is 3.06. The minimum Gasteiger partial charge on any atom is -0.350 e. The molecule has 8 heteroatoms. The first-order valence-electron chi connectivity index (χ1n) is 8.01. The largest absolute Gasteiger partial charge is 0.350 e. The van der Waals surface area contributed by atoms with Crippen molar-refractivity contribution in [3.8, 4) is 0 Å². The molecule has 2 aromatic rings. The molecule has 1 fully saturated rings. The minimum atomic E-state index is -0.640. The number of piperidine rings is 1. The number of aromatic nitrogens is 3. The van der Waals surface area contributed by atoms with E-state index in [1.807, 2.05) is 0 Å². The number of H-pyrrole nitrogens is 2. The maximum absolute atomic E-state index is 12.4. The molecular weight excluding hydrogens is 310 g/mol. The van der Waals surface area contributed by atoms with Gasteiger partial charge in [-0.15, -0.1) is 0 Å². The molecule has 128 valence electrons. The number of nitrogens with one attached hydrogen (secondary N) is 4. The van der Waals surface area contributed by atoms with Gasteiger partial charge in [0.05, 0.1) is 5.39 Å². The smallest absolute Gasteiger partial charge is 0.327 e. The van der Waals surface area contributed by atoms with Crippen LogP contribution in [0.25, 0.3) is 11.0 Å². The van der Waals surface area contributed by atoms with Crippen molar-refractivity contribution in [2.24, 2.45) is 5.41 Å². The number of hydrogen-bond donors (Lipinski definition) is 4. The molecule has 0 spiro atoms. The lowest BCUT2D eigenvalue weighted by molar-refractivity contribution is 0.0917. The van der Waals surface area contributed by atoms with E-state index in [9.17, 15) is 14.4 Å². The lowest BCUT2D eigenvalue weighted by Crippen LogP contribution is -2.43. The van der Waals surface area contributed by atoms with Gasteiger partial charge in [-0.3, -0.25) is 19.6 Å². The van der Waals surface area contributed by atoms with E-state index in [1.54, 1.807) is 13.0 Å². The third kappa shape index (κ3) is 3.23. The number of carbonyl (C=O) groups is 1. The van der Waals surface area contributed by atoms with Crippen molar-refractivity contribution >= 4 is 16.9 Å². The predicted molar refractivity (Wildman–Crippen MR) is 90.3 cm³/mol. The number of carbonyl (C=O) groups excluding carboxylic acids is 1. The molecule has 2 aromatic heterocycles. The summed E-state index contributed by atoms with van der Waals surface area (Å²) in [5.41, 5.74) is -0.165. The fraction of sp³-hybridized carbons (Fsp3) is 0.500. The molecule has 0 unspecified atom stereocenters. The van der Waals surface area contributed by atoms with Crippen LogP contribution in [0.15, 0.2) is 15.7 Å². The highest BCUT2D eigenvalue weighted by Gasteiger charge is 2.27. The highest BCUT2D eigenvalue weighted by molar-refractivity contribution is 5.95. The Morgan fingerprint density at radius 3 is 2.71 bits per heavy atom. The van der Waals surface area contributed by atoms with E-state index < -0.39 is 11.2 Å². The third-order valence-corrected chi connectivity index (χ3v) is 4.62. The average Bonchev–Trinajstić information content (AvgIpc) is 2.52. The monoisotopic (exact) mass is 331 g/mol. The van der Waals surface area contributed by atoms with Gasteiger partial charge in [-0.25, -0.2) is 9.78 Å². The zero-order valence-electron chi connectivity index (χ0n) is 13.8. The van der Waals surface area contributed by atoms with E-state index in [-0.39, 0.29) is 28.0 Å². The zero-order chi connectivity index (χ0) is 17.3. The van der Waals surface area contributed by atoms with Crippen LogP contribution in [0.5, 0.6) is 0 Å². The average molecular weight is 331 g/mol. The summed E-state index contributed by atoms with van der Waals surface area (Å²) in [7, 11) is 0. The van der Waals surface area contributed by atoms with Crippen LogP contribution in [0, 0.1) is 12.3 Å². The Morgan fingerprint density at radius 1 is 1.29 bits per heavy atom. The number of hydrogen-bond acceptors (Lipinski definition) is 5. The summed E-state index contributed by atoms with van der Waals surface area (Å²) < 4.78 is 0. The number of amides is 1. The van der Waals surface area contributed by atoms with E-state index in [1.165, 1.54) is 0 Å². The summed E-state index contributed by atoms with van der Waals surface area (Å²) in [6, 6.07) is 1.57. The van der Waals surface area contributed by atoms with Gasteiger partial charge in [0.1, 0.15) is 11.3 Å². The molecule has 0 saturated carbocycles. The van der Waals surface area contributed by atoms with Crippen LogP contribution in [0.4, 0.5) is 0 Å². The van der Waals surface area contributed by atoms with Gasteiger partial charge in [0.25, 0.3) is 11.5 Å².